The van der Waals surface area contributed by atoms with Gasteiger partial charge in [0.1, 0.15) is 0 Å². The number of hydrogen-bond acceptors (Lipinski definition) is 0. The summed E-state index contributed by atoms with van der Waals surface area (Å²) < 4.78 is 0. The standard InChI is InChI=1S/C12H21Si/c1-5-9-13(10-6-2,11-7-3)12-8-4/h5-7H,1-4,8-12H2. The Morgan fingerprint density at radius 1 is 0.846 bits per heavy atom. The molecule has 13 heavy (non-hydrogen) atoms. The highest BCUT2D eigenvalue weighted by molar-refractivity contribution is 6.81. The molecule has 1 heteroatoms. The number of hydrogen-bond donors (Lipinski definition) is 0. The second-order valence-corrected chi connectivity index (χ2v) is 8.31. The molecule has 0 nitrogen and oxygen atoms in total. The topological polar surface area (TPSA) is 0 Å². The molecule has 1 radical (unpaired) electrons. The van der Waals surface area contributed by atoms with Crippen LogP contribution in [0, 0.1) is 6.92 Å². The van der Waals surface area contributed by atoms with E-state index in [1.807, 2.05) is 0 Å². The average Bonchev–Trinajstić information content (AvgIpc) is 2.06. The van der Waals surface area contributed by atoms with Gasteiger partial charge in [-0.2, -0.15) is 0 Å². The van der Waals surface area contributed by atoms with E-state index in [-0.39, 0.29) is 0 Å². The first kappa shape index (κ1) is 12.4. The van der Waals surface area contributed by atoms with E-state index in [0.29, 0.717) is 0 Å². The van der Waals surface area contributed by atoms with Crippen molar-refractivity contribution >= 4 is 8.07 Å². The highest BCUT2D eigenvalue weighted by atomic mass is 28.3. The Kier molecular flexibility index (Phi) is 6.60. The van der Waals surface area contributed by atoms with Crippen molar-refractivity contribution in [3.05, 3.63) is 44.9 Å². The van der Waals surface area contributed by atoms with E-state index in [2.05, 4.69) is 44.9 Å². The molecule has 0 atom stereocenters. The molecule has 0 aliphatic heterocycles. The van der Waals surface area contributed by atoms with E-state index in [9.17, 15) is 0 Å². The molecule has 0 bridgehead atoms. The van der Waals surface area contributed by atoms with Gasteiger partial charge < -0.3 is 0 Å². The third-order valence-electron chi connectivity index (χ3n) is 2.44. The first-order valence-electron chi connectivity index (χ1n) is 4.86. The predicted molar refractivity (Wildman–Crippen MR) is 65.5 cm³/mol. The third-order valence-corrected chi connectivity index (χ3v) is 7.32. The maximum Gasteiger partial charge on any atom is 0.0648 e. The lowest BCUT2D eigenvalue weighted by atomic mass is 10.6. The van der Waals surface area contributed by atoms with E-state index in [4.69, 9.17) is 0 Å². The average molecular weight is 193 g/mol. The van der Waals surface area contributed by atoms with Crippen LogP contribution in [0.3, 0.4) is 0 Å². The van der Waals surface area contributed by atoms with Crippen LogP contribution in [0.4, 0.5) is 0 Å². The fourth-order valence-corrected chi connectivity index (χ4v) is 5.55. The summed E-state index contributed by atoms with van der Waals surface area (Å²) in [5, 5.41) is 0. The van der Waals surface area contributed by atoms with Gasteiger partial charge in [0.15, 0.2) is 0 Å². The van der Waals surface area contributed by atoms with Gasteiger partial charge in [0, 0.05) is 0 Å². The molecule has 0 saturated heterocycles. The van der Waals surface area contributed by atoms with Gasteiger partial charge in [0.25, 0.3) is 0 Å². The number of allylic oxidation sites excluding steroid dienone is 3. The molecule has 0 N–H and O–H groups in total. The monoisotopic (exact) mass is 193 g/mol. The molecule has 0 amide bonds. The molecule has 73 valence electrons. The van der Waals surface area contributed by atoms with Crippen LogP contribution >= 0.6 is 0 Å². The van der Waals surface area contributed by atoms with Crippen molar-refractivity contribution in [3.63, 3.8) is 0 Å². The van der Waals surface area contributed by atoms with E-state index < -0.39 is 8.07 Å². The van der Waals surface area contributed by atoms with Gasteiger partial charge >= 0.3 is 0 Å². The van der Waals surface area contributed by atoms with Gasteiger partial charge in [-0.05, 0) is 18.1 Å². The summed E-state index contributed by atoms with van der Waals surface area (Å²) in [6.45, 7) is 15.5. The quantitative estimate of drug-likeness (QED) is 0.400. The maximum absolute atomic E-state index is 3.95. The SMILES string of the molecule is [CH2]CC[Si](CC=C)(CC=C)CC=C. The lowest BCUT2D eigenvalue weighted by molar-refractivity contribution is 1.11. The zero-order chi connectivity index (χ0) is 10.2. The van der Waals surface area contributed by atoms with Gasteiger partial charge in [0.05, 0.1) is 8.07 Å². The Morgan fingerprint density at radius 3 is 1.46 bits per heavy atom. The van der Waals surface area contributed by atoms with Crippen molar-refractivity contribution in [1.29, 1.82) is 0 Å². The zero-order valence-corrected chi connectivity index (χ0v) is 9.60. The molecule has 0 aromatic carbocycles. The Balaban J connectivity index is 4.44. The van der Waals surface area contributed by atoms with Crippen LogP contribution in [0.15, 0.2) is 38.0 Å². The van der Waals surface area contributed by atoms with Crippen molar-refractivity contribution < 1.29 is 0 Å². The first-order valence-corrected chi connectivity index (χ1v) is 7.69. The van der Waals surface area contributed by atoms with Crippen molar-refractivity contribution in [1.82, 2.24) is 0 Å². The van der Waals surface area contributed by atoms with Crippen LogP contribution in [-0.4, -0.2) is 8.07 Å². The van der Waals surface area contributed by atoms with Crippen LogP contribution < -0.4 is 0 Å². The van der Waals surface area contributed by atoms with Gasteiger partial charge in [0.2, 0.25) is 0 Å². The van der Waals surface area contributed by atoms with Gasteiger partial charge in [-0.25, -0.2) is 0 Å². The molecule has 0 aromatic rings. The molecule has 0 aliphatic carbocycles. The third kappa shape index (κ3) is 4.27. The molecule has 0 aromatic heterocycles. The highest BCUT2D eigenvalue weighted by Crippen LogP contribution is 2.28. The molecule has 0 rings (SSSR count). The van der Waals surface area contributed by atoms with Crippen LogP contribution in [0.5, 0.6) is 0 Å². The van der Waals surface area contributed by atoms with Gasteiger partial charge in [-0.1, -0.05) is 37.6 Å². The molecule has 0 saturated carbocycles. The molecule has 0 heterocycles. The fraction of sp³-hybridized carbons (Fsp3) is 0.417. The Labute approximate surface area is 84.1 Å². The summed E-state index contributed by atoms with van der Waals surface area (Å²) >= 11 is 0. The summed E-state index contributed by atoms with van der Waals surface area (Å²) in [5.41, 5.74) is 0. The van der Waals surface area contributed by atoms with Crippen molar-refractivity contribution in [2.45, 2.75) is 30.6 Å². The summed E-state index contributed by atoms with van der Waals surface area (Å²) in [7, 11) is -1.21. The molecule has 0 unspecified atom stereocenters. The minimum atomic E-state index is -1.21. The van der Waals surface area contributed by atoms with Crippen molar-refractivity contribution in [2.24, 2.45) is 0 Å². The smallest absolute Gasteiger partial charge is 0.0648 e. The van der Waals surface area contributed by atoms with E-state index in [0.717, 1.165) is 6.42 Å². The zero-order valence-electron chi connectivity index (χ0n) is 8.60. The normalized spacial score (nSPS) is 10.8. The van der Waals surface area contributed by atoms with E-state index in [1.54, 1.807) is 0 Å². The van der Waals surface area contributed by atoms with Crippen LogP contribution in [-0.2, 0) is 0 Å². The lowest BCUT2D eigenvalue weighted by Crippen LogP contribution is -2.31. The lowest BCUT2D eigenvalue weighted by Gasteiger charge is -2.28. The minimum Gasteiger partial charge on any atom is -0.103 e. The summed E-state index contributed by atoms with van der Waals surface area (Å²) in [6.07, 6.45) is 7.18. The first-order chi connectivity index (χ1) is 6.24. The van der Waals surface area contributed by atoms with E-state index in [1.165, 1.54) is 24.2 Å². The van der Waals surface area contributed by atoms with Gasteiger partial charge in [-0.3, -0.25) is 0 Å². The predicted octanol–water partition coefficient (Wildman–Crippen LogP) is 4.22. The fourth-order valence-electron chi connectivity index (χ4n) is 1.85. The second kappa shape index (κ2) is 6.90. The highest BCUT2D eigenvalue weighted by Gasteiger charge is 2.27. The molecular weight excluding hydrogens is 172 g/mol. The largest absolute Gasteiger partial charge is 0.103 e. The molecule has 0 fully saturated rings. The maximum atomic E-state index is 3.95. The van der Waals surface area contributed by atoms with E-state index >= 15 is 0 Å². The summed E-state index contributed by atoms with van der Waals surface area (Å²) in [5.74, 6) is 0. The molecular formula is C12H21Si. The Hall–Kier alpha value is -0.563. The minimum absolute atomic E-state index is 1.03. The second-order valence-electron chi connectivity index (χ2n) is 3.58. The number of rotatable bonds is 8. The Bertz CT molecular complexity index is 143. The van der Waals surface area contributed by atoms with Gasteiger partial charge in [-0.15, -0.1) is 19.7 Å². The Morgan fingerprint density at radius 2 is 1.23 bits per heavy atom. The molecule has 0 aliphatic rings. The van der Waals surface area contributed by atoms with Crippen LogP contribution in [0.2, 0.25) is 24.2 Å². The van der Waals surface area contributed by atoms with Crippen LogP contribution in [0.1, 0.15) is 6.42 Å². The van der Waals surface area contributed by atoms with Crippen molar-refractivity contribution in [3.8, 4) is 0 Å². The van der Waals surface area contributed by atoms with Crippen molar-refractivity contribution in [2.75, 3.05) is 0 Å². The van der Waals surface area contributed by atoms with Crippen LogP contribution in [0.25, 0.3) is 0 Å². The summed E-state index contributed by atoms with van der Waals surface area (Å²) in [6, 6.07) is 4.76. The summed E-state index contributed by atoms with van der Waals surface area (Å²) in [4.78, 5) is 0. The molecule has 0 spiro atoms.